The summed E-state index contributed by atoms with van der Waals surface area (Å²) in [6, 6.07) is 10.3. The Hall–Kier alpha value is -1.91. The van der Waals surface area contributed by atoms with Crippen LogP contribution in [0.3, 0.4) is 0 Å². The van der Waals surface area contributed by atoms with Crippen molar-refractivity contribution in [2.45, 2.75) is 25.8 Å². The van der Waals surface area contributed by atoms with Gasteiger partial charge in [0.15, 0.2) is 5.82 Å². The maximum absolute atomic E-state index is 6.12. The van der Waals surface area contributed by atoms with Crippen molar-refractivity contribution >= 4 is 22.5 Å². The Morgan fingerprint density at radius 2 is 2.14 bits per heavy atom. The van der Waals surface area contributed by atoms with Gasteiger partial charge in [-0.3, -0.25) is 0 Å². The van der Waals surface area contributed by atoms with Gasteiger partial charge < -0.3 is 5.73 Å². The zero-order chi connectivity index (χ0) is 14.8. The van der Waals surface area contributed by atoms with E-state index in [1.807, 2.05) is 18.2 Å². The van der Waals surface area contributed by atoms with E-state index in [2.05, 4.69) is 24.2 Å². The van der Waals surface area contributed by atoms with Gasteiger partial charge >= 0.3 is 0 Å². The maximum atomic E-state index is 6.12. The molecule has 2 heterocycles. The van der Waals surface area contributed by atoms with E-state index in [1.54, 1.807) is 17.1 Å². The van der Waals surface area contributed by atoms with Gasteiger partial charge in [-0.1, -0.05) is 36.7 Å². The Kier molecular flexibility index (Phi) is 3.90. The smallest absolute Gasteiger partial charge is 0.157 e. The van der Waals surface area contributed by atoms with Gasteiger partial charge in [-0.05, 0) is 30.5 Å². The molecule has 0 aliphatic carbocycles. The first-order valence-corrected chi connectivity index (χ1v) is 7.40. The Balaban J connectivity index is 2.16. The monoisotopic (exact) mass is 300 g/mol. The fourth-order valence-corrected chi connectivity index (χ4v) is 2.48. The molecule has 21 heavy (non-hydrogen) atoms. The minimum absolute atomic E-state index is 0.109. The van der Waals surface area contributed by atoms with Crippen LogP contribution in [0.1, 0.15) is 18.9 Å². The van der Waals surface area contributed by atoms with E-state index < -0.39 is 0 Å². The highest BCUT2D eigenvalue weighted by Crippen LogP contribution is 2.22. The lowest BCUT2D eigenvalue weighted by molar-refractivity contribution is 0.640. The van der Waals surface area contributed by atoms with Gasteiger partial charge in [-0.15, -0.1) is 0 Å². The standard InChI is InChI=1S/C16H17ClN4/c1-2-14(18)8-12-7-11-5-3-4-6-15(11)20-16(12)21-10-13(17)9-19-21/h3-7,9-10,14H,2,8,18H2,1H3. The molecule has 2 aromatic heterocycles. The molecule has 0 bridgehead atoms. The number of hydrogen-bond donors (Lipinski definition) is 1. The van der Waals surface area contributed by atoms with Gasteiger partial charge in [-0.25, -0.2) is 9.67 Å². The number of rotatable bonds is 4. The van der Waals surface area contributed by atoms with Crippen molar-refractivity contribution in [1.82, 2.24) is 14.8 Å². The minimum Gasteiger partial charge on any atom is -0.327 e. The Morgan fingerprint density at radius 3 is 2.86 bits per heavy atom. The summed E-state index contributed by atoms with van der Waals surface area (Å²) in [5, 5.41) is 5.97. The first-order valence-electron chi connectivity index (χ1n) is 7.02. The lowest BCUT2D eigenvalue weighted by Gasteiger charge is -2.14. The van der Waals surface area contributed by atoms with Crippen LogP contribution in [0.2, 0.25) is 5.02 Å². The largest absolute Gasteiger partial charge is 0.327 e. The van der Waals surface area contributed by atoms with Gasteiger partial charge in [0.05, 0.1) is 22.9 Å². The van der Waals surface area contributed by atoms with Crippen molar-refractivity contribution in [1.29, 1.82) is 0 Å². The van der Waals surface area contributed by atoms with E-state index in [1.165, 1.54) is 0 Å². The topological polar surface area (TPSA) is 56.7 Å². The molecule has 3 rings (SSSR count). The number of aromatic nitrogens is 3. The van der Waals surface area contributed by atoms with Crippen LogP contribution in [-0.2, 0) is 6.42 Å². The molecule has 2 N–H and O–H groups in total. The van der Waals surface area contributed by atoms with E-state index in [0.29, 0.717) is 5.02 Å². The fourth-order valence-electron chi connectivity index (χ4n) is 2.34. The summed E-state index contributed by atoms with van der Waals surface area (Å²) in [6.45, 7) is 2.09. The summed E-state index contributed by atoms with van der Waals surface area (Å²) >= 11 is 5.98. The van der Waals surface area contributed by atoms with E-state index in [-0.39, 0.29) is 6.04 Å². The van der Waals surface area contributed by atoms with E-state index in [9.17, 15) is 0 Å². The van der Waals surface area contributed by atoms with Crippen molar-refractivity contribution in [3.05, 3.63) is 53.3 Å². The molecule has 108 valence electrons. The third kappa shape index (κ3) is 2.91. The molecular weight excluding hydrogens is 284 g/mol. The number of nitrogens with two attached hydrogens (primary N) is 1. The van der Waals surface area contributed by atoms with Crippen molar-refractivity contribution in [2.75, 3.05) is 0 Å². The summed E-state index contributed by atoms with van der Waals surface area (Å²) in [7, 11) is 0. The molecule has 3 aromatic rings. The van der Waals surface area contributed by atoms with Crippen LogP contribution in [0.5, 0.6) is 0 Å². The zero-order valence-corrected chi connectivity index (χ0v) is 12.6. The van der Waals surface area contributed by atoms with Gasteiger partial charge in [0, 0.05) is 11.4 Å². The molecule has 5 heteroatoms. The Bertz CT molecular complexity index is 766. The average molecular weight is 301 g/mol. The summed E-state index contributed by atoms with van der Waals surface area (Å²) in [5.41, 5.74) is 8.14. The second-order valence-electron chi connectivity index (χ2n) is 5.14. The van der Waals surface area contributed by atoms with Crippen LogP contribution in [-0.4, -0.2) is 20.8 Å². The molecule has 0 fully saturated rings. The Labute approximate surface area is 128 Å². The van der Waals surface area contributed by atoms with Crippen LogP contribution >= 0.6 is 11.6 Å². The third-order valence-electron chi connectivity index (χ3n) is 3.55. The lowest BCUT2D eigenvalue weighted by Crippen LogP contribution is -2.22. The molecule has 1 aromatic carbocycles. The number of nitrogens with zero attached hydrogens (tertiary/aromatic N) is 3. The Morgan fingerprint density at radius 1 is 1.33 bits per heavy atom. The number of halogens is 1. The highest BCUT2D eigenvalue weighted by Gasteiger charge is 2.12. The van der Waals surface area contributed by atoms with Crippen LogP contribution in [0.15, 0.2) is 42.7 Å². The van der Waals surface area contributed by atoms with Crippen molar-refractivity contribution in [3.8, 4) is 5.82 Å². The van der Waals surface area contributed by atoms with Gasteiger partial charge in [0.25, 0.3) is 0 Å². The molecule has 0 saturated carbocycles. The SMILES string of the molecule is CCC(N)Cc1cc2ccccc2nc1-n1cc(Cl)cn1. The predicted octanol–water partition coefficient (Wildman–Crippen LogP) is 3.35. The highest BCUT2D eigenvalue weighted by molar-refractivity contribution is 6.30. The number of pyridine rings is 1. The van der Waals surface area contributed by atoms with E-state index in [0.717, 1.165) is 35.1 Å². The van der Waals surface area contributed by atoms with Crippen LogP contribution in [0.25, 0.3) is 16.7 Å². The molecule has 4 nitrogen and oxygen atoms in total. The van der Waals surface area contributed by atoms with Crippen molar-refractivity contribution in [3.63, 3.8) is 0 Å². The second-order valence-corrected chi connectivity index (χ2v) is 5.58. The first-order chi connectivity index (χ1) is 10.2. The lowest BCUT2D eigenvalue weighted by atomic mass is 10.0. The van der Waals surface area contributed by atoms with E-state index >= 15 is 0 Å². The summed E-state index contributed by atoms with van der Waals surface area (Å²) in [4.78, 5) is 4.73. The van der Waals surface area contributed by atoms with Gasteiger partial charge in [0.2, 0.25) is 0 Å². The molecular formula is C16H17ClN4. The highest BCUT2D eigenvalue weighted by atomic mass is 35.5. The average Bonchev–Trinajstić information content (AvgIpc) is 2.92. The summed E-state index contributed by atoms with van der Waals surface area (Å²) < 4.78 is 1.71. The molecule has 0 saturated heterocycles. The normalized spacial score (nSPS) is 12.7. The molecule has 0 radical (unpaired) electrons. The molecule has 0 aliphatic rings. The summed E-state index contributed by atoms with van der Waals surface area (Å²) in [6.07, 6.45) is 5.06. The first kappa shape index (κ1) is 14.0. The third-order valence-corrected chi connectivity index (χ3v) is 3.75. The minimum atomic E-state index is 0.109. The number of fused-ring (bicyclic) bond motifs is 1. The zero-order valence-electron chi connectivity index (χ0n) is 11.8. The quantitative estimate of drug-likeness (QED) is 0.804. The van der Waals surface area contributed by atoms with Crippen LogP contribution in [0, 0.1) is 0 Å². The molecule has 0 spiro atoms. The van der Waals surface area contributed by atoms with Crippen molar-refractivity contribution in [2.24, 2.45) is 5.73 Å². The number of hydrogen-bond acceptors (Lipinski definition) is 3. The predicted molar refractivity (Wildman–Crippen MR) is 85.8 cm³/mol. The van der Waals surface area contributed by atoms with Gasteiger partial charge in [-0.2, -0.15) is 5.10 Å². The second kappa shape index (κ2) is 5.84. The maximum Gasteiger partial charge on any atom is 0.157 e. The molecule has 0 amide bonds. The molecule has 1 atom stereocenters. The number of para-hydroxylation sites is 1. The van der Waals surface area contributed by atoms with Crippen molar-refractivity contribution < 1.29 is 0 Å². The fraction of sp³-hybridized carbons (Fsp3) is 0.250. The van der Waals surface area contributed by atoms with E-state index in [4.69, 9.17) is 22.3 Å². The van der Waals surface area contributed by atoms with Crippen LogP contribution < -0.4 is 5.73 Å². The molecule has 0 aliphatic heterocycles. The van der Waals surface area contributed by atoms with Gasteiger partial charge in [0.1, 0.15) is 0 Å². The number of benzene rings is 1. The van der Waals surface area contributed by atoms with Crippen LogP contribution in [0.4, 0.5) is 0 Å². The molecule has 1 unspecified atom stereocenters. The summed E-state index contributed by atoms with van der Waals surface area (Å²) in [5.74, 6) is 0.796.